The molecule has 2 aromatic carbocycles. The van der Waals surface area contributed by atoms with Gasteiger partial charge in [-0.1, -0.05) is 42.5 Å². The molecule has 152 valence electrons. The first-order chi connectivity index (χ1) is 13.2. The first-order valence-corrected chi connectivity index (χ1v) is 11.5. The Morgan fingerprint density at radius 2 is 1.93 bits per heavy atom. The van der Waals surface area contributed by atoms with Crippen LogP contribution in [0.3, 0.4) is 0 Å². The number of carbonyl (C=O) groups is 1. The molecule has 28 heavy (non-hydrogen) atoms. The minimum atomic E-state index is -3.38. The topological polar surface area (TPSA) is 75.7 Å². The van der Waals surface area contributed by atoms with Crippen LogP contribution in [0.15, 0.2) is 42.5 Å². The van der Waals surface area contributed by atoms with E-state index in [1.165, 1.54) is 0 Å². The van der Waals surface area contributed by atoms with Crippen molar-refractivity contribution in [2.75, 3.05) is 12.8 Å². The highest BCUT2D eigenvalue weighted by Crippen LogP contribution is 2.25. The summed E-state index contributed by atoms with van der Waals surface area (Å²) >= 11 is 0. The minimum absolute atomic E-state index is 0.225. The number of likely N-dealkylation sites (tertiary alicyclic amines) is 1. The molecule has 7 heteroatoms. The number of sulfonamides is 1. The van der Waals surface area contributed by atoms with E-state index in [9.17, 15) is 13.2 Å². The monoisotopic (exact) mass is 404 g/mol. The fourth-order valence-corrected chi connectivity index (χ4v) is 4.65. The number of nitrogens with one attached hydrogen (secondary N) is 1. The molecule has 2 aromatic rings. The van der Waals surface area contributed by atoms with Crippen molar-refractivity contribution in [2.45, 2.75) is 51.3 Å². The summed E-state index contributed by atoms with van der Waals surface area (Å²) < 4.78 is 31.9. The molecule has 6 nitrogen and oxygen atoms in total. The van der Waals surface area contributed by atoms with Gasteiger partial charge in [-0.2, -0.15) is 0 Å². The van der Waals surface area contributed by atoms with E-state index in [0.717, 1.165) is 29.0 Å². The fourth-order valence-electron chi connectivity index (χ4n) is 3.83. The van der Waals surface area contributed by atoms with E-state index in [1.54, 1.807) is 4.90 Å². The Morgan fingerprint density at radius 1 is 1.21 bits per heavy atom. The number of ether oxygens (including phenoxy) is 1. The lowest BCUT2D eigenvalue weighted by molar-refractivity contribution is 0.0461. The third-order valence-electron chi connectivity index (χ3n) is 4.97. The highest BCUT2D eigenvalue weighted by atomic mass is 32.2. The molecule has 1 saturated heterocycles. The number of piperidine rings is 1. The van der Waals surface area contributed by atoms with Crippen molar-refractivity contribution < 1.29 is 17.9 Å². The molecule has 0 saturated carbocycles. The van der Waals surface area contributed by atoms with Gasteiger partial charge in [-0.15, -0.1) is 0 Å². The van der Waals surface area contributed by atoms with Crippen LogP contribution in [-0.4, -0.2) is 50.4 Å². The van der Waals surface area contributed by atoms with Gasteiger partial charge in [0.2, 0.25) is 10.0 Å². The van der Waals surface area contributed by atoms with E-state index < -0.39 is 10.0 Å². The lowest BCUT2D eigenvalue weighted by Crippen LogP contribution is -2.58. The average molecular weight is 405 g/mol. The van der Waals surface area contributed by atoms with Gasteiger partial charge in [0.05, 0.1) is 18.4 Å². The lowest BCUT2D eigenvalue weighted by atomic mass is 9.91. The Hall–Kier alpha value is -2.12. The average Bonchev–Trinajstić information content (AvgIpc) is 2.61. The Balaban J connectivity index is 1.90. The van der Waals surface area contributed by atoms with Gasteiger partial charge in [0.25, 0.3) is 0 Å². The largest absolute Gasteiger partial charge is 0.447 e. The summed E-state index contributed by atoms with van der Waals surface area (Å²) in [5.41, 5.74) is 1.06. The van der Waals surface area contributed by atoms with Gasteiger partial charge in [-0.05, 0) is 49.4 Å². The van der Waals surface area contributed by atoms with E-state index >= 15 is 0 Å². The van der Waals surface area contributed by atoms with Gasteiger partial charge >= 0.3 is 6.09 Å². The molecule has 0 aromatic heterocycles. The molecular formula is C21H28N2O4S. The maximum atomic E-state index is 12.7. The molecule has 0 radical (unpaired) electrons. The summed E-state index contributed by atoms with van der Waals surface area (Å²) in [5.74, 6) is 0. The predicted octanol–water partition coefficient (Wildman–Crippen LogP) is 3.31. The molecule has 0 aliphatic carbocycles. The third-order valence-corrected chi connectivity index (χ3v) is 5.71. The smallest absolute Gasteiger partial charge is 0.410 e. The van der Waals surface area contributed by atoms with Crippen molar-refractivity contribution in [1.82, 2.24) is 9.62 Å². The number of amides is 1. The van der Waals surface area contributed by atoms with Gasteiger partial charge in [-0.25, -0.2) is 17.9 Å². The van der Waals surface area contributed by atoms with Crippen molar-refractivity contribution in [3.63, 3.8) is 0 Å². The summed E-state index contributed by atoms with van der Waals surface area (Å²) in [7, 11) is -3.38. The normalized spacial score (nSPS) is 20.5. The molecule has 0 unspecified atom stereocenters. The number of hydrogen-bond acceptors (Lipinski definition) is 4. The van der Waals surface area contributed by atoms with Crippen LogP contribution in [0.25, 0.3) is 10.8 Å². The third kappa shape index (κ3) is 5.23. The van der Waals surface area contributed by atoms with Crippen LogP contribution in [-0.2, 0) is 21.2 Å². The SMILES string of the molecule is CC(C)OC(=O)N1CCC[C@H](NS(C)(=O)=O)[C@@H]1Cc1ccc2ccccc2c1. The van der Waals surface area contributed by atoms with Gasteiger partial charge in [0, 0.05) is 12.6 Å². The Kier molecular flexibility index (Phi) is 6.25. The van der Waals surface area contributed by atoms with Crippen LogP contribution in [0.2, 0.25) is 0 Å². The van der Waals surface area contributed by atoms with Crippen LogP contribution >= 0.6 is 0 Å². The molecule has 1 amide bonds. The lowest BCUT2D eigenvalue weighted by Gasteiger charge is -2.41. The van der Waals surface area contributed by atoms with E-state index in [2.05, 4.69) is 29.0 Å². The zero-order valence-electron chi connectivity index (χ0n) is 16.6. The van der Waals surface area contributed by atoms with Crippen LogP contribution < -0.4 is 4.72 Å². The Bertz CT molecular complexity index is 942. The zero-order valence-corrected chi connectivity index (χ0v) is 17.4. The molecule has 0 bridgehead atoms. The van der Waals surface area contributed by atoms with Crippen LogP contribution in [0.1, 0.15) is 32.3 Å². The first kappa shape index (κ1) is 20.6. The predicted molar refractivity (Wildman–Crippen MR) is 111 cm³/mol. The van der Waals surface area contributed by atoms with Crippen molar-refractivity contribution in [1.29, 1.82) is 0 Å². The van der Waals surface area contributed by atoms with Gasteiger partial charge in [0.15, 0.2) is 0 Å². The maximum Gasteiger partial charge on any atom is 0.410 e. The molecule has 1 fully saturated rings. The molecular weight excluding hydrogens is 376 g/mol. The molecule has 1 heterocycles. The molecule has 1 aliphatic heterocycles. The molecule has 0 spiro atoms. The molecule has 1 N–H and O–H groups in total. The molecule has 2 atom stereocenters. The van der Waals surface area contributed by atoms with E-state index in [1.807, 2.05) is 32.0 Å². The maximum absolute atomic E-state index is 12.7. The van der Waals surface area contributed by atoms with Gasteiger partial charge < -0.3 is 9.64 Å². The summed E-state index contributed by atoms with van der Waals surface area (Å²) in [6.45, 7) is 4.19. The zero-order chi connectivity index (χ0) is 20.3. The van der Waals surface area contributed by atoms with Crippen molar-refractivity contribution in [3.05, 3.63) is 48.0 Å². The second-order valence-corrected chi connectivity index (χ2v) is 9.50. The van der Waals surface area contributed by atoms with Crippen molar-refractivity contribution >= 4 is 26.9 Å². The van der Waals surface area contributed by atoms with Crippen LogP contribution in [0, 0.1) is 0 Å². The minimum Gasteiger partial charge on any atom is -0.447 e. The summed E-state index contributed by atoms with van der Waals surface area (Å²) in [6, 6.07) is 13.7. The number of carbonyl (C=O) groups excluding carboxylic acids is 1. The summed E-state index contributed by atoms with van der Waals surface area (Å²) in [6.07, 6.45) is 2.53. The standard InChI is InChI=1S/C21H28N2O4S/c1-15(2)27-21(24)23-12-6-9-19(22-28(3,25)26)20(23)14-16-10-11-17-7-4-5-8-18(17)13-16/h4-5,7-8,10-11,13,15,19-20,22H,6,9,12,14H2,1-3H3/t19-,20-/m0/s1. The number of benzene rings is 2. The fraction of sp³-hybridized carbons (Fsp3) is 0.476. The first-order valence-electron chi connectivity index (χ1n) is 9.65. The number of rotatable bonds is 5. The highest BCUT2D eigenvalue weighted by molar-refractivity contribution is 7.88. The quantitative estimate of drug-likeness (QED) is 0.830. The Morgan fingerprint density at radius 3 is 2.61 bits per heavy atom. The Labute approximate surface area is 166 Å². The second-order valence-electron chi connectivity index (χ2n) is 7.72. The summed E-state index contributed by atoms with van der Waals surface area (Å²) in [5, 5.41) is 2.27. The van der Waals surface area contributed by atoms with Crippen LogP contribution in [0.4, 0.5) is 4.79 Å². The van der Waals surface area contributed by atoms with Crippen molar-refractivity contribution in [2.24, 2.45) is 0 Å². The molecule has 3 rings (SSSR count). The van der Waals surface area contributed by atoms with Crippen LogP contribution in [0.5, 0.6) is 0 Å². The van der Waals surface area contributed by atoms with E-state index in [-0.39, 0.29) is 24.3 Å². The van der Waals surface area contributed by atoms with Gasteiger partial charge in [0.1, 0.15) is 0 Å². The number of nitrogens with zero attached hydrogens (tertiary/aromatic N) is 1. The summed E-state index contributed by atoms with van der Waals surface area (Å²) in [4.78, 5) is 14.3. The van der Waals surface area contributed by atoms with E-state index in [0.29, 0.717) is 19.4 Å². The second kappa shape index (κ2) is 8.49. The molecule has 1 aliphatic rings. The highest BCUT2D eigenvalue weighted by Gasteiger charge is 2.36. The number of fused-ring (bicyclic) bond motifs is 1. The van der Waals surface area contributed by atoms with Crippen molar-refractivity contribution in [3.8, 4) is 0 Å². The van der Waals surface area contributed by atoms with E-state index in [4.69, 9.17) is 4.74 Å². The number of hydrogen-bond donors (Lipinski definition) is 1. The van der Waals surface area contributed by atoms with Gasteiger partial charge in [-0.3, -0.25) is 0 Å².